The van der Waals surface area contributed by atoms with Crippen molar-refractivity contribution < 1.29 is 9.18 Å². The second kappa shape index (κ2) is 7.89. The van der Waals surface area contributed by atoms with Gasteiger partial charge in [0.05, 0.1) is 0 Å². The maximum absolute atomic E-state index is 12.8. The molecule has 2 heterocycles. The molecule has 0 saturated carbocycles. The summed E-state index contributed by atoms with van der Waals surface area (Å²) in [6.45, 7) is 3.25. The fourth-order valence-electron chi connectivity index (χ4n) is 2.87. The van der Waals surface area contributed by atoms with Crippen LogP contribution >= 0.6 is 0 Å². The summed E-state index contributed by atoms with van der Waals surface area (Å²) in [7, 11) is 0. The fraction of sp³-hybridized carbons (Fsp3) is 0.353. The highest BCUT2D eigenvalue weighted by atomic mass is 19.1. The topological polar surface area (TPSA) is 96.2 Å². The Kier molecular flexibility index (Phi) is 5.39. The molecule has 8 heteroatoms. The lowest BCUT2D eigenvalue weighted by molar-refractivity contribution is 0.249. The predicted molar refractivity (Wildman–Crippen MR) is 93.2 cm³/mol. The molecule has 2 aromatic rings. The van der Waals surface area contributed by atoms with Crippen LogP contribution in [0, 0.1) is 11.7 Å². The molecule has 0 aliphatic carbocycles. The standard InChI is InChI=1S/C17H21FN6O/c18-14-1-3-15(4-2-14)23-17(25)22-7-12-5-6-24(10-12)11-13-8-20-16(19)21-9-13/h1-4,8-9,12H,5-7,10-11H2,(H2,19,20,21)(H2,22,23,25). The van der Waals surface area contributed by atoms with Crippen LogP contribution in [-0.4, -0.2) is 40.5 Å². The first-order valence-electron chi connectivity index (χ1n) is 8.17. The number of anilines is 2. The van der Waals surface area contributed by atoms with Crippen LogP contribution in [0.5, 0.6) is 0 Å². The average molecular weight is 344 g/mol. The molecular weight excluding hydrogens is 323 g/mol. The van der Waals surface area contributed by atoms with Crippen LogP contribution in [0.15, 0.2) is 36.7 Å². The van der Waals surface area contributed by atoms with Crippen LogP contribution in [0.4, 0.5) is 20.8 Å². The number of urea groups is 1. The van der Waals surface area contributed by atoms with E-state index in [0.717, 1.165) is 31.6 Å². The molecular formula is C17H21FN6O. The third-order valence-electron chi connectivity index (χ3n) is 4.15. The molecule has 0 radical (unpaired) electrons. The quantitative estimate of drug-likeness (QED) is 0.769. The van der Waals surface area contributed by atoms with Gasteiger partial charge in [-0.25, -0.2) is 19.2 Å². The van der Waals surface area contributed by atoms with Crippen molar-refractivity contribution in [3.05, 3.63) is 48.0 Å². The first kappa shape index (κ1) is 17.1. The van der Waals surface area contributed by atoms with Gasteiger partial charge in [0.2, 0.25) is 5.95 Å². The molecule has 1 aromatic heterocycles. The van der Waals surface area contributed by atoms with Gasteiger partial charge < -0.3 is 16.4 Å². The molecule has 1 fully saturated rings. The van der Waals surface area contributed by atoms with Crippen molar-refractivity contribution in [2.24, 2.45) is 5.92 Å². The van der Waals surface area contributed by atoms with E-state index in [1.807, 2.05) is 0 Å². The number of likely N-dealkylation sites (tertiary alicyclic amines) is 1. The van der Waals surface area contributed by atoms with E-state index >= 15 is 0 Å². The highest BCUT2D eigenvalue weighted by molar-refractivity contribution is 5.89. The Bertz CT molecular complexity index is 706. The van der Waals surface area contributed by atoms with Crippen molar-refractivity contribution in [2.75, 3.05) is 30.7 Å². The SMILES string of the molecule is Nc1ncc(CN2CCC(CNC(=O)Nc3ccc(F)cc3)C2)cn1. The second-order valence-electron chi connectivity index (χ2n) is 6.18. The molecule has 0 bridgehead atoms. The molecule has 1 unspecified atom stereocenters. The van der Waals surface area contributed by atoms with Crippen LogP contribution in [0.1, 0.15) is 12.0 Å². The van der Waals surface area contributed by atoms with E-state index in [1.165, 1.54) is 24.3 Å². The van der Waals surface area contributed by atoms with Gasteiger partial charge in [-0.1, -0.05) is 0 Å². The van der Waals surface area contributed by atoms with Crippen molar-refractivity contribution in [3.8, 4) is 0 Å². The lowest BCUT2D eigenvalue weighted by Crippen LogP contribution is -2.34. The van der Waals surface area contributed by atoms with Crippen LogP contribution in [0.3, 0.4) is 0 Å². The number of nitrogens with two attached hydrogens (primary N) is 1. The minimum absolute atomic E-state index is 0.277. The van der Waals surface area contributed by atoms with Crippen molar-refractivity contribution >= 4 is 17.7 Å². The number of carbonyl (C=O) groups is 1. The van der Waals surface area contributed by atoms with E-state index in [2.05, 4.69) is 25.5 Å². The Morgan fingerprint density at radius 2 is 2.00 bits per heavy atom. The fourth-order valence-corrected chi connectivity index (χ4v) is 2.87. The number of halogens is 1. The molecule has 1 aromatic carbocycles. The van der Waals surface area contributed by atoms with Gasteiger partial charge in [-0.2, -0.15) is 0 Å². The van der Waals surface area contributed by atoms with Crippen molar-refractivity contribution in [2.45, 2.75) is 13.0 Å². The van der Waals surface area contributed by atoms with E-state index < -0.39 is 0 Å². The average Bonchev–Trinajstić information content (AvgIpc) is 3.05. The Labute approximate surface area is 145 Å². The van der Waals surface area contributed by atoms with E-state index in [4.69, 9.17) is 5.73 Å². The van der Waals surface area contributed by atoms with E-state index in [9.17, 15) is 9.18 Å². The number of benzene rings is 1. The zero-order valence-corrected chi connectivity index (χ0v) is 13.8. The molecule has 2 amide bonds. The van der Waals surface area contributed by atoms with Gasteiger partial charge >= 0.3 is 6.03 Å². The number of nitrogen functional groups attached to an aromatic ring is 1. The first-order chi connectivity index (χ1) is 12.1. The third kappa shape index (κ3) is 5.12. The molecule has 0 spiro atoms. The van der Waals surface area contributed by atoms with Crippen molar-refractivity contribution in [3.63, 3.8) is 0 Å². The summed E-state index contributed by atoms with van der Waals surface area (Å²) in [6, 6.07) is 5.40. The summed E-state index contributed by atoms with van der Waals surface area (Å²) in [6.07, 6.45) is 4.50. The van der Waals surface area contributed by atoms with Crippen molar-refractivity contribution in [1.29, 1.82) is 0 Å². The first-order valence-corrected chi connectivity index (χ1v) is 8.17. The molecule has 1 aliphatic rings. The minimum atomic E-state index is -0.330. The number of hydrogen-bond acceptors (Lipinski definition) is 5. The molecule has 7 nitrogen and oxygen atoms in total. The lowest BCUT2D eigenvalue weighted by atomic mass is 10.1. The highest BCUT2D eigenvalue weighted by Gasteiger charge is 2.23. The number of rotatable bonds is 5. The van der Waals surface area contributed by atoms with Crippen molar-refractivity contribution in [1.82, 2.24) is 20.2 Å². The van der Waals surface area contributed by atoms with Gasteiger partial charge in [0.25, 0.3) is 0 Å². The Balaban J connectivity index is 1.40. The van der Waals surface area contributed by atoms with Gasteiger partial charge in [-0.3, -0.25) is 4.90 Å². The number of aromatic nitrogens is 2. The molecule has 1 aliphatic heterocycles. The second-order valence-corrected chi connectivity index (χ2v) is 6.18. The molecule has 3 rings (SSSR count). The number of nitrogens with zero attached hydrogens (tertiary/aromatic N) is 3. The summed E-state index contributed by atoms with van der Waals surface area (Å²) in [5.74, 6) is 0.344. The van der Waals surface area contributed by atoms with Gasteiger partial charge in [0.1, 0.15) is 5.82 Å². The van der Waals surface area contributed by atoms with Gasteiger partial charge in [-0.15, -0.1) is 0 Å². The Morgan fingerprint density at radius 1 is 1.28 bits per heavy atom. The summed E-state index contributed by atoms with van der Waals surface area (Å²) < 4.78 is 12.8. The Morgan fingerprint density at radius 3 is 2.72 bits per heavy atom. The maximum atomic E-state index is 12.8. The van der Waals surface area contributed by atoms with Crippen LogP contribution in [0.2, 0.25) is 0 Å². The third-order valence-corrected chi connectivity index (χ3v) is 4.15. The molecule has 1 saturated heterocycles. The zero-order chi connectivity index (χ0) is 17.6. The molecule has 1 atom stereocenters. The number of nitrogens with one attached hydrogen (secondary N) is 2. The van der Waals surface area contributed by atoms with E-state index in [-0.39, 0.29) is 17.8 Å². The van der Waals surface area contributed by atoms with E-state index in [0.29, 0.717) is 18.2 Å². The highest BCUT2D eigenvalue weighted by Crippen LogP contribution is 2.18. The lowest BCUT2D eigenvalue weighted by Gasteiger charge is -2.16. The predicted octanol–water partition coefficient (Wildman–Crippen LogP) is 1.84. The van der Waals surface area contributed by atoms with E-state index in [1.54, 1.807) is 12.4 Å². The van der Waals surface area contributed by atoms with Crippen LogP contribution < -0.4 is 16.4 Å². The normalized spacial score (nSPS) is 17.4. The zero-order valence-electron chi connectivity index (χ0n) is 13.8. The van der Waals surface area contributed by atoms with Gasteiger partial charge in [0, 0.05) is 43.3 Å². The number of hydrogen-bond donors (Lipinski definition) is 3. The van der Waals surface area contributed by atoms with Crippen LogP contribution in [-0.2, 0) is 6.54 Å². The summed E-state index contributed by atoms with van der Waals surface area (Å²) in [5, 5.41) is 5.56. The molecule has 4 N–H and O–H groups in total. The monoisotopic (exact) mass is 344 g/mol. The largest absolute Gasteiger partial charge is 0.368 e. The summed E-state index contributed by atoms with van der Waals surface area (Å²) >= 11 is 0. The number of amides is 2. The number of carbonyl (C=O) groups excluding carboxylic acids is 1. The molecule has 132 valence electrons. The summed E-state index contributed by atoms with van der Waals surface area (Å²) in [4.78, 5) is 22.2. The van der Waals surface area contributed by atoms with Gasteiger partial charge in [-0.05, 0) is 43.1 Å². The molecule has 25 heavy (non-hydrogen) atoms. The maximum Gasteiger partial charge on any atom is 0.319 e. The summed E-state index contributed by atoms with van der Waals surface area (Å²) in [5.41, 5.74) is 7.08. The van der Waals surface area contributed by atoms with Crippen LogP contribution in [0.25, 0.3) is 0 Å². The Hall–Kier alpha value is -2.74. The smallest absolute Gasteiger partial charge is 0.319 e. The van der Waals surface area contributed by atoms with Gasteiger partial charge in [0.15, 0.2) is 0 Å². The minimum Gasteiger partial charge on any atom is -0.368 e.